The summed E-state index contributed by atoms with van der Waals surface area (Å²) in [5.41, 5.74) is -1.65. The Kier molecular flexibility index (Phi) is 5.80. The minimum Gasteiger partial charge on any atom is -0.289 e. The van der Waals surface area contributed by atoms with Crippen molar-refractivity contribution < 1.29 is 21.6 Å². The lowest BCUT2D eigenvalue weighted by Gasteiger charge is -2.38. The summed E-state index contributed by atoms with van der Waals surface area (Å²) in [4.78, 5) is 3.60. The van der Waals surface area contributed by atoms with Crippen molar-refractivity contribution in [2.75, 3.05) is 5.01 Å². The highest BCUT2D eigenvalue weighted by Crippen LogP contribution is 2.38. The number of alkyl halides is 3. The molecule has 0 radical (unpaired) electrons. The Labute approximate surface area is 177 Å². The summed E-state index contributed by atoms with van der Waals surface area (Å²) in [7, 11) is -2.56. The average Bonchev–Trinajstić information content (AvgIpc) is 3.11. The molecule has 12 heteroatoms. The van der Waals surface area contributed by atoms with Crippen LogP contribution < -0.4 is 9.84 Å². The molecular weight excluding hydrogens is 433 g/mol. The Hall–Kier alpha value is -2.99. The number of hydrogen-bond acceptors (Lipinski definition) is 6. The molecule has 166 valence electrons. The van der Waals surface area contributed by atoms with Gasteiger partial charge in [-0.25, -0.2) is 8.42 Å². The van der Waals surface area contributed by atoms with Crippen molar-refractivity contribution in [2.45, 2.75) is 37.4 Å². The number of hydrazine groups is 1. The van der Waals surface area contributed by atoms with Gasteiger partial charge in [-0.3, -0.25) is 5.01 Å². The molecule has 0 atom stereocenters. The number of aryl methyl sites for hydroxylation is 1. The molecule has 1 aromatic heterocycles. The number of aromatic nitrogens is 4. The molecule has 0 bridgehead atoms. The Morgan fingerprint density at radius 2 is 1.68 bits per heavy atom. The van der Waals surface area contributed by atoms with E-state index in [1.54, 1.807) is 39.0 Å². The van der Waals surface area contributed by atoms with Crippen LogP contribution in [0.5, 0.6) is 0 Å². The summed E-state index contributed by atoms with van der Waals surface area (Å²) in [5, 5.41) is 12.8. The highest BCUT2D eigenvalue weighted by molar-refractivity contribution is 7.89. The van der Waals surface area contributed by atoms with Crippen LogP contribution in [0.3, 0.4) is 0 Å². The monoisotopic (exact) mass is 454 g/mol. The van der Waals surface area contributed by atoms with Crippen molar-refractivity contribution in [2.24, 2.45) is 7.05 Å². The molecule has 0 fully saturated rings. The van der Waals surface area contributed by atoms with Crippen LogP contribution in [0, 0.1) is 0 Å². The van der Waals surface area contributed by atoms with Gasteiger partial charge in [0.1, 0.15) is 0 Å². The molecule has 0 amide bonds. The molecule has 0 unspecified atom stereocenters. The Morgan fingerprint density at radius 1 is 1.03 bits per heavy atom. The fourth-order valence-corrected chi connectivity index (χ4v) is 4.03. The van der Waals surface area contributed by atoms with Crippen LogP contribution in [-0.4, -0.2) is 34.2 Å². The van der Waals surface area contributed by atoms with Gasteiger partial charge in [0.15, 0.2) is 0 Å². The predicted octanol–water partition coefficient (Wildman–Crippen LogP) is 3.39. The van der Waals surface area contributed by atoms with Crippen molar-refractivity contribution in [1.82, 2.24) is 25.0 Å². The maximum Gasteiger partial charge on any atom is 0.416 e. The van der Waals surface area contributed by atoms with Crippen LogP contribution in [-0.2, 0) is 23.2 Å². The van der Waals surface area contributed by atoms with E-state index in [1.807, 2.05) is 0 Å². The van der Waals surface area contributed by atoms with Crippen LogP contribution in [0.15, 0.2) is 53.4 Å². The third kappa shape index (κ3) is 5.02. The molecule has 0 spiro atoms. The second-order valence-corrected chi connectivity index (χ2v) is 9.41. The van der Waals surface area contributed by atoms with Crippen LogP contribution in [0.25, 0.3) is 11.4 Å². The highest BCUT2D eigenvalue weighted by Gasteiger charge is 2.35. The van der Waals surface area contributed by atoms with Crippen molar-refractivity contribution >= 4 is 15.7 Å². The lowest BCUT2D eigenvalue weighted by atomic mass is 10.0. The lowest BCUT2D eigenvalue weighted by Crippen LogP contribution is -2.53. The van der Waals surface area contributed by atoms with E-state index in [0.29, 0.717) is 0 Å². The number of tetrazole rings is 1. The number of nitrogens with zero attached hydrogens (tertiary/aromatic N) is 5. The van der Waals surface area contributed by atoms with Gasteiger partial charge in [0.05, 0.1) is 23.2 Å². The van der Waals surface area contributed by atoms with Crippen molar-refractivity contribution in [3.05, 3.63) is 54.1 Å². The van der Waals surface area contributed by atoms with Gasteiger partial charge in [-0.15, -0.1) is 15.0 Å². The highest BCUT2D eigenvalue weighted by atomic mass is 32.2. The maximum atomic E-state index is 13.4. The van der Waals surface area contributed by atoms with Gasteiger partial charge >= 0.3 is 6.18 Å². The third-order valence-corrected chi connectivity index (χ3v) is 5.57. The zero-order valence-corrected chi connectivity index (χ0v) is 18.0. The number of halogens is 3. The van der Waals surface area contributed by atoms with Crippen LogP contribution >= 0.6 is 0 Å². The molecule has 3 aromatic rings. The quantitative estimate of drug-likeness (QED) is 0.594. The number of rotatable bonds is 5. The van der Waals surface area contributed by atoms with E-state index in [9.17, 15) is 21.6 Å². The van der Waals surface area contributed by atoms with Gasteiger partial charge in [-0.1, -0.05) is 18.2 Å². The van der Waals surface area contributed by atoms with E-state index < -0.39 is 27.3 Å². The molecular formula is C19H21F3N6O2S. The summed E-state index contributed by atoms with van der Waals surface area (Å²) in [6.45, 7) is 5.14. The smallest absolute Gasteiger partial charge is 0.289 e. The molecule has 0 aliphatic carbocycles. The summed E-state index contributed by atoms with van der Waals surface area (Å²) < 4.78 is 66.0. The SMILES string of the molecule is Cn1nnc(-c2cc(C(F)(F)F)ccc2N(NS(=O)(=O)c2ccccc2)C(C)(C)C)n1. The van der Waals surface area contributed by atoms with Crippen molar-refractivity contribution in [1.29, 1.82) is 0 Å². The van der Waals surface area contributed by atoms with Crippen LogP contribution in [0.1, 0.15) is 26.3 Å². The van der Waals surface area contributed by atoms with E-state index in [-0.39, 0.29) is 22.0 Å². The minimum atomic E-state index is -4.61. The van der Waals surface area contributed by atoms with Crippen LogP contribution in [0.4, 0.5) is 18.9 Å². The van der Waals surface area contributed by atoms with Gasteiger partial charge < -0.3 is 0 Å². The number of hydrogen-bond donors (Lipinski definition) is 1. The summed E-state index contributed by atoms with van der Waals surface area (Å²) in [6, 6.07) is 10.6. The Bertz CT molecular complexity index is 1170. The standard InChI is InChI=1S/C19H21F3N6O2S/c1-18(2,3)28(26-31(29,30)14-8-6-5-7-9-14)16-11-10-13(19(20,21)22)12-15(16)17-23-25-27(4)24-17/h5-12,26H,1-4H3. The van der Waals surface area contributed by atoms with E-state index in [1.165, 1.54) is 30.3 Å². The number of benzene rings is 2. The average molecular weight is 454 g/mol. The molecule has 0 aliphatic rings. The topological polar surface area (TPSA) is 93.0 Å². The van der Waals surface area contributed by atoms with Crippen molar-refractivity contribution in [3.8, 4) is 11.4 Å². The molecule has 1 N–H and O–H groups in total. The number of nitrogens with one attached hydrogen (secondary N) is 1. The van der Waals surface area contributed by atoms with Gasteiger partial charge in [-0.2, -0.15) is 18.0 Å². The maximum absolute atomic E-state index is 13.4. The largest absolute Gasteiger partial charge is 0.416 e. The summed E-state index contributed by atoms with van der Waals surface area (Å²) >= 11 is 0. The van der Waals surface area contributed by atoms with Crippen LogP contribution in [0.2, 0.25) is 0 Å². The third-order valence-electron chi connectivity index (χ3n) is 4.25. The van der Waals surface area contributed by atoms with E-state index in [4.69, 9.17) is 0 Å². The Balaban J connectivity index is 2.18. The second kappa shape index (κ2) is 7.93. The molecule has 3 rings (SSSR count). The molecule has 0 aliphatic heterocycles. The number of anilines is 1. The first-order valence-electron chi connectivity index (χ1n) is 9.12. The fraction of sp³-hybridized carbons (Fsp3) is 0.316. The zero-order chi connectivity index (χ0) is 23.0. The normalized spacial score (nSPS) is 12.7. The first-order chi connectivity index (χ1) is 14.3. The predicted molar refractivity (Wildman–Crippen MR) is 108 cm³/mol. The zero-order valence-electron chi connectivity index (χ0n) is 17.2. The minimum absolute atomic E-state index is 0.00957. The lowest BCUT2D eigenvalue weighted by molar-refractivity contribution is -0.137. The van der Waals surface area contributed by atoms with Gasteiger partial charge in [-0.05, 0) is 56.3 Å². The van der Waals surface area contributed by atoms with Gasteiger partial charge in [0.25, 0.3) is 10.0 Å². The van der Waals surface area contributed by atoms with Gasteiger partial charge in [0.2, 0.25) is 5.82 Å². The van der Waals surface area contributed by atoms with Crippen molar-refractivity contribution in [3.63, 3.8) is 0 Å². The van der Waals surface area contributed by atoms with Gasteiger partial charge in [0, 0.05) is 11.1 Å². The first-order valence-corrected chi connectivity index (χ1v) is 10.6. The molecule has 0 saturated heterocycles. The van der Waals surface area contributed by atoms with E-state index in [0.717, 1.165) is 16.9 Å². The molecule has 1 heterocycles. The molecule has 31 heavy (non-hydrogen) atoms. The molecule has 0 saturated carbocycles. The fourth-order valence-electron chi connectivity index (χ4n) is 2.80. The van der Waals surface area contributed by atoms with E-state index >= 15 is 0 Å². The first kappa shape index (κ1) is 22.7. The second-order valence-electron chi connectivity index (χ2n) is 7.75. The molecule has 8 nitrogen and oxygen atoms in total. The molecule has 2 aromatic carbocycles. The summed E-state index contributed by atoms with van der Waals surface area (Å²) in [5.74, 6) is -0.0724. The summed E-state index contributed by atoms with van der Waals surface area (Å²) in [6.07, 6.45) is -4.61. The number of sulfonamides is 1. The van der Waals surface area contributed by atoms with E-state index in [2.05, 4.69) is 20.2 Å². The Morgan fingerprint density at radius 3 is 2.19 bits per heavy atom.